The molecule has 2 fully saturated rings. The van der Waals surface area contributed by atoms with Crippen LogP contribution in [0.25, 0.3) is 0 Å². The zero-order chi connectivity index (χ0) is 22.0. The van der Waals surface area contributed by atoms with Crippen LogP contribution >= 0.6 is 0 Å². The lowest BCUT2D eigenvalue weighted by Crippen LogP contribution is -2.73. The minimum absolute atomic E-state index is 0.0684. The number of nitrogens with zero attached hydrogens (tertiary/aromatic N) is 2. The lowest BCUT2D eigenvalue weighted by Gasteiger charge is -2.58. The predicted molar refractivity (Wildman–Crippen MR) is 115 cm³/mol. The van der Waals surface area contributed by atoms with Crippen LogP contribution in [0.4, 0.5) is 4.39 Å². The maximum absolute atomic E-state index is 13.5. The molecular formula is C25H25FN2O3. The average molecular weight is 420 g/mol. The Morgan fingerprint density at radius 2 is 2.00 bits per heavy atom. The molecular weight excluding hydrogens is 395 g/mol. The quantitative estimate of drug-likeness (QED) is 0.774. The normalized spacial score (nSPS) is 22.3. The Bertz CT molecular complexity index is 1040. The molecule has 0 spiro atoms. The van der Waals surface area contributed by atoms with Gasteiger partial charge in [0.1, 0.15) is 12.4 Å². The van der Waals surface area contributed by atoms with Crippen LogP contribution in [-0.2, 0) is 4.79 Å². The van der Waals surface area contributed by atoms with Gasteiger partial charge in [0, 0.05) is 30.0 Å². The number of rotatable bonds is 4. The summed E-state index contributed by atoms with van der Waals surface area (Å²) in [6, 6.07) is 12.9. The van der Waals surface area contributed by atoms with Gasteiger partial charge in [-0.1, -0.05) is 37.0 Å². The molecule has 2 heterocycles. The number of aliphatic hydroxyl groups excluding tert-OH is 1. The number of fused-ring (bicyclic) bond motifs is 1. The van der Waals surface area contributed by atoms with Gasteiger partial charge in [0.25, 0.3) is 5.91 Å². The second-order valence-corrected chi connectivity index (χ2v) is 8.01. The standard InChI is InChI=1S/C25H25FN2O3/c1-2-3-4-6-17-9-11-18(12-10-17)24-21-14-27(15-23(30)28(21)22(24)16-29)25(31)19-7-5-8-20(26)13-19/h5,7-13,21-22,24,29H,2-3,14-16H2,1H3/t21-,22-,24-/m1/s1. The summed E-state index contributed by atoms with van der Waals surface area (Å²) in [5, 5.41) is 9.92. The van der Waals surface area contributed by atoms with Gasteiger partial charge >= 0.3 is 0 Å². The SMILES string of the molecule is CCCC#Cc1ccc([C@H]2[C@@H](CO)N3C(=O)CN(C(=O)c4cccc(F)c4)C[C@H]23)cc1. The van der Waals surface area contributed by atoms with Crippen LogP contribution in [0.3, 0.4) is 0 Å². The lowest BCUT2D eigenvalue weighted by atomic mass is 9.73. The van der Waals surface area contributed by atoms with E-state index in [4.69, 9.17) is 0 Å². The fraction of sp³-hybridized carbons (Fsp3) is 0.360. The molecule has 31 heavy (non-hydrogen) atoms. The second kappa shape index (κ2) is 8.91. The molecule has 2 aliphatic rings. The Hall–Kier alpha value is -3.17. The molecule has 2 aromatic rings. The van der Waals surface area contributed by atoms with Crippen molar-refractivity contribution in [2.75, 3.05) is 19.7 Å². The van der Waals surface area contributed by atoms with Crippen LogP contribution in [0.1, 0.15) is 47.2 Å². The number of hydrogen-bond donors (Lipinski definition) is 1. The maximum atomic E-state index is 13.5. The monoisotopic (exact) mass is 420 g/mol. The molecule has 2 amide bonds. The molecule has 1 N–H and O–H groups in total. The highest BCUT2D eigenvalue weighted by atomic mass is 19.1. The van der Waals surface area contributed by atoms with Gasteiger partial charge in [0.05, 0.1) is 18.7 Å². The Labute approximate surface area is 181 Å². The van der Waals surface area contributed by atoms with Crippen LogP contribution in [0.5, 0.6) is 0 Å². The fourth-order valence-electron chi connectivity index (χ4n) is 4.54. The topological polar surface area (TPSA) is 60.9 Å². The number of carbonyl (C=O) groups excluding carboxylic acids is 2. The molecule has 2 aliphatic heterocycles. The van der Waals surface area contributed by atoms with E-state index in [1.807, 2.05) is 24.3 Å². The van der Waals surface area contributed by atoms with Gasteiger partial charge in [-0.25, -0.2) is 4.39 Å². The van der Waals surface area contributed by atoms with Crippen molar-refractivity contribution in [2.45, 2.75) is 37.8 Å². The Balaban J connectivity index is 1.54. The summed E-state index contributed by atoms with van der Waals surface area (Å²) in [6.45, 7) is 2.23. The van der Waals surface area contributed by atoms with Crippen molar-refractivity contribution in [1.29, 1.82) is 0 Å². The highest BCUT2D eigenvalue weighted by molar-refractivity contribution is 5.97. The number of aliphatic hydroxyl groups is 1. The summed E-state index contributed by atoms with van der Waals surface area (Å²) in [5.74, 6) is 5.14. The number of carbonyl (C=O) groups is 2. The fourth-order valence-corrected chi connectivity index (χ4v) is 4.54. The zero-order valence-corrected chi connectivity index (χ0v) is 17.4. The molecule has 6 heteroatoms. The summed E-state index contributed by atoms with van der Waals surface area (Å²) in [5.41, 5.74) is 2.16. The highest BCUT2D eigenvalue weighted by Gasteiger charge is 2.54. The Morgan fingerprint density at radius 1 is 1.23 bits per heavy atom. The van der Waals surface area contributed by atoms with Crippen molar-refractivity contribution in [3.63, 3.8) is 0 Å². The average Bonchev–Trinajstić information content (AvgIpc) is 2.76. The van der Waals surface area contributed by atoms with Crippen LogP contribution in [0, 0.1) is 17.7 Å². The van der Waals surface area contributed by atoms with Gasteiger partial charge in [0.15, 0.2) is 0 Å². The smallest absolute Gasteiger partial charge is 0.254 e. The first kappa shape index (κ1) is 21.1. The van der Waals surface area contributed by atoms with E-state index in [1.54, 1.807) is 11.0 Å². The van der Waals surface area contributed by atoms with E-state index in [2.05, 4.69) is 18.8 Å². The Kier molecular flexibility index (Phi) is 6.06. The van der Waals surface area contributed by atoms with Crippen molar-refractivity contribution >= 4 is 11.8 Å². The summed E-state index contributed by atoms with van der Waals surface area (Å²) in [6.07, 6.45) is 1.87. The van der Waals surface area contributed by atoms with E-state index in [0.29, 0.717) is 6.54 Å². The first-order valence-electron chi connectivity index (χ1n) is 10.6. The molecule has 0 aliphatic carbocycles. The summed E-state index contributed by atoms with van der Waals surface area (Å²) < 4.78 is 13.5. The van der Waals surface area contributed by atoms with Crippen LogP contribution in [0.15, 0.2) is 48.5 Å². The molecule has 160 valence electrons. The van der Waals surface area contributed by atoms with Gasteiger partial charge in [0.2, 0.25) is 5.91 Å². The predicted octanol–water partition coefficient (Wildman–Crippen LogP) is 2.79. The Morgan fingerprint density at radius 3 is 2.68 bits per heavy atom. The molecule has 2 saturated heterocycles. The molecule has 4 rings (SSSR count). The van der Waals surface area contributed by atoms with E-state index < -0.39 is 5.82 Å². The first-order chi connectivity index (χ1) is 15.0. The van der Waals surface area contributed by atoms with Crippen molar-refractivity contribution in [2.24, 2.45) is 0 Å². The molecule has 0 saturated carbocycles. The van der Waals surface area contributed by atoms with Gasteiger partial charge in [-0.3, -0.25) is 9.59 Å². The van der Waals surface area contributed by atoms with E-state index in [1.165, 1.54) is 23.1 Å². The van der Waals surface area contributed by atoms with Crippen molar-refractivity contribution in [3.05, 3.63) is 71.0 Å². The minimum atomic E-state index is -0.486. The first-order valence-corrected chi connectivity index (χ1v) is 10.6. The zero-order valence-electron chi connectivity index (χ0n) is 17.4. The second-order valence-electron chi connectivity index (χ2n) is 8.01. The summed E-state index contributed by atoms with van der Waals surface area (Å²) in [4.78, 5) is 28.8. The molecule has 5 nitrogen and oxygen atoms in total. The number of unbranched alkanes of at least 4 members (excludes halogenated alkanes) is 1. The van der Waals surface area contributed by atoms with E-state index in [0.717, 1.165) is 24.0 Å². The van der Waals surface area contributed by atoms with E-state index in [9.17, 15) is 19.1 Å². The number of piperazine rings is 1. The van der Waals surface area contributed by atoms with Crippen molar-refractivity contribution < 1.29 is 19.1 Å². The largest absolute Gasteiger partial charge is 0.394 e. The number of amides is 2. The summed E-state index contributed by atoms with van der Waals surface area (Å²) >= 11 is 0. The van der Waals surface area contributed by atoms with Crippen molar-refractivity contribution in [3.8, 4) is 11.8 Å². The summed E-state index contributed by atoms with van der Waals surface area (Å²) in [7, 11) is 0. The van der Waals surface area contributed by atoms with Gasteiger partial charge < -0.3 is 14.9 Å². The third kappa shape index (κ3) is 4.06. The van der Waals surface area contributed by atoms with E-state index >= 15 is 0 Å². The number of halogens is 1. The third-order valence-electron chi connectivity index (χ3n) is 6.01. The molecule has 0 radical (unpaired) electrons. The molecule has 2 aromatic carbocycles. The van der Waals surface area contributed by atoms with Crippen molar-refractivity contribution in [1.82, 2.24) is 9.80 Å². The number of benzene rings is 2. The van der Waals surface area contributed by atoms with Gasteiger partial charge in [-0.15, -0.1) is 0 Å². The maximum Gasteiger partial charge on any atom is 0.254 e. The lowest BCUT2D eigenvalue weighted by molar-refractivity contribution is -0.159. The van der Waals surface area contributed by atoms with Crippen LogP contribution < -0.4 is 0 Å². The molecule has 0 bridgehead atoms. The van der Waals surface area contributed by atoms with Gasteiger partial charge in [-0.05, 0) is 42.3 Å². The highest BCUT2D eigenvalue weighted by Crippen LogP contribution is 2.43. The number of hydrogen-bond acceptors (Lipinski definition) is 3. The molecule has 0 aromatic heterocycles. The van der Waals surface area contributed by atoms with Gasteiger partial charge in [-0.2, -0.15) is 0 Å². The van der Waals surface area contributed by atoms with Crippen LogP contribution in [0.2, 0.25) is 0 Å². The minimum Gasteiger partial charge on any atom is -0.394 e. The van der Waals surface area contributed by atoms with Crippen LogP contribution in [-0.4, -0.2) is 58.5 Å². The third-order valence-corrected chi connectivity index (χ3v) is 6.01. The molecule has 3 atom stereocenters. The molecule has 0 unspecified atom stereocenters. The van der Waals surface area contributed by atoms with E-state index in [-0.39, 0.29) is 48.5 Å².